The van der Waals surface area contributed by atoms with E-state index in [9.17, 15) is 14.3 Å². The van der Waals surface area contributed by atoms with E-state index in [0.717, 1.165) is 32.1 Å². The van der Waals surface area contributed by atoms with Crippen LogP contribution in [0.3, 0.4) is 0 Å². The Balaban J connectivity index is 4.02. The monoisotopic (exact) mass is 942 g/mol. The molecule has 0 bridgehead atoms. The van der Waals surface area contributed by atoms with E-state index in [0.29, 0.717) is 24.1 Å². The van der Waals surface area contributed by atoms with Crippen LogP contribution in [0, 0.1) is 0 Å². The summed E-state index contributed by atoms with van der Waals surface area (Å²) in [4.78, 5) is 25.2. The predicted molar refractivity (Wildman–Crippen MR) is 278 cm³/mol. The van der Waals surface area contributed by atoms with Crippen molar-refractivity contribution in [3.63, 3.8) is 0 Å². The van der Waals surface area contributed by atoms with E-state index >= 15 is 0 Å². The molecule has 0 aromatic carbocycles. The number of phosphoric acid groups is 1. The second-order valence-electron chi connectivity index (χ2n) is 20.7. The van der Waals surface area contributed by atoms with Crippen molar-refractivity contribution in [2.24, 2.45) is 0 Å². The quantitative estimate of drug-likeness (QED) is 0.0197. The van der Waals surface area contributed by atoms with Crippen LogP contribution in [0.15, 0.2) is 12.2 Å². The van der Waals surface area contributed by atoms with Crippen molar-refractivity contribution >= 4 is 13.8 Å². The largest absolute Gasteiger partial charge is 0.756 e. The van der Waals surface area contributed by atoms with Crippen molar-refractivity contribution in [1.82, 2.24) is 0 Å². The van der Waals surface area contributed by atoms with Crippen molar-refractivity contribution < 1.29 is 37.3 Å². The Labute approximate surface area is 405 Å². The molecule has 2 atom stereocenters. The molecular weight excluding hydrogens is 830 g/mol. The van der Waals surface area contributed by atoms with Crippen molar-refractivity contribution in [2.45, 2.75) is 290 Å². The molecule has 0 aliphatic carbocycles. The standard InChI is InChI=1S/C56H112NO7P/c1-6-8-10-12-14-16-18-20-22-24-26-27-28-29-30-31-32-34-36-38-40-42-44-46-48-51-61-53-55(54-63-65(59,60)62-52-50-57(3,4)5)64-56(58)49-47-45-43-41-39-37-35-33-25-23-21-19-17-15-13-11-9-7-2/h23,25,55H,6-22,24,26-54H2,1-5H3/b25-23-. The van der Waals surface area contributed by atoms with Gasteiger partial charge in [0.25, 0.3) is 7.82 Å². The Morgan fingerprint density at radius 2 is 0.800 bits per heavy atom. The van der Waals surface area contributed by atoms with Crippen LogP contribution >= 0.6 is 7.82 Å². The number of carbonyl (C=O) groups excluding carboxylic acids is 1. The molecule has 0 fully saturated rings. The molecule has 0 radical (unpaired) electrons. The van der Waals surface area contributed by atoms with Crippen LogP contribution in [0.4, 0.5) is 0 Å². The molecule has 0 N–H and O–H groups in total. The number of allylic oxidation sites excluding steroid dienone is 2. The summed E-state index contributed by atoms with van der Waals surface area (Å²) in [7, 11) is 1.37. The van der Waals surface area contributed by atoms with Crippen molar-refractivity contribution in [2.75, 3.05) is 54.1 Å². The summed E-state index contributed by atoms with van der Waals surface area (Å²) in [5, 5.41) is 0. The number of unbranched alkanes of at least 4 members (excludes halogenated alkanes) is 38. The number of nitrogens with zero attached hydrogens (tertiary/aromatic N) is 1. The first-order chi connectivity index (χ1) is 31.6. The van der Waals surface area contributed by atoms with E-state index in [-0.39, 0.29) is 25.8 Å². The minimum Gasteiger partial charge on any atom is -0.756 e. The topological polar surface area (TPSA) is 94.1 Å². The Morgan fingerprint density at radius 3 is 1.17 bits per heavy atom. The van der Waals surface area contributed by atoms with E-state index < -0.39 is 13.9 Å². The zero-order valence-corrected chi connectivity index (χ0v) is 45.1. The first-order valence-corrected chi connectivity index (χ1v) is 29.9. The van der Waals surface area contributed by atoms with Crippen LogP contribution in [0.25, 0.3) is 0 Å². The van der Waals surface area contributed by atoms with Gasteiger partial charge in [0.2, 0.25) is 0 Å². The number of likely N-dealkylation sites (N-methyl/N-ethyl adjacent to an activating group) is 1. The molecule has 0 aliphatic heterocycles. The summed E-state index contributed by atoms with van der Waals surface area (Å²) < 4.78 is 34.8. The van der Waals surface area contributed by atoms with Crippen molar-refractivity contribution in [1.29, 1.82) is 0 Å². The molecule has 0 aliphatic rings. The first kappa shape index (κ1) is 64.2. The van der Waals surface area contributed by atoms with Gasteiger partial charge in [-0.2, -0.15) is 0 Å². The van der Waals surface area contributed by atoms with Crippen LogP contribution in [0.5, 0.6) is 0 Å². The minimum absolute atomic E-state index is 0.0290. The number of phosphoric ester groups is 1. The number of ether oxygens (including phenoxy) is 2. The Bertz CT molecular complexity index is 1050. The van der Waals surface area contributed by atoms with Crippen LogP contribution in [0.2, 0.25) is 0 Å². The maximum absolute atomic E-state index is 12.8. The Hall–Kier alpha value is -0.760. The van der Waals surface area contributed by atoms with Crippen LogP contribution in [-0.4, -0.2) is 70.7 Å². The number of hydrogen-bond donors (Lipinski definition) is 0. The highest BCUT2D eigenvalue weighted by molar-refractivity contribution is 7.45. The van der Waals surface area contributed by atoms with Gasteiger partial charge in [0, 0.05) is 13.0 Å². The average Bonchev–Trinajstić information content (AvgIpc) is 3.27. The second kappa shape index (κ2) is 49.7. The van der Waals surface area contributed by atoms with Gasteiger partial charge in [0.1, 0.15) is 19.3 Å². The minimum atomic E-state index is -4.53. The van der Waals surface area contributed by atoms with Crippen LogP contribution in [-0.2, 0) is 27.9 Å². The summed E-state index contributed by atoms with van der Waals surface area (Å²) >= 11 is 0. The molecule has 0 heterocycles. The van der Waals surface area contributed by atoms with Gasteiger partial charge in [-0.05, 0) is 38.5 Å². The van der Waals surface area contributed by atoms with Gasteiger partial charge in [-0.25, -0.2) is 0 Å². The van der Waals surface area contributed by atoms with E-state index in [2.05, 4.69) is 26.0 Å². The van der Waals surface area contributed by atoms with Crippen LogP contribution in [0.1, 0.15) is 284 Å². The van der Waals surface area contributed by atoms with Gasteiger partial charge in [-0.15, -0.1) is 0 Å². The van der Waals surface area contributed by atoms with E-state index in [1.807, 2.05) is 21.1 Å². The third-order valence-electron chi connectivity index (χ3n) is 12.8. The van der Waals surface area contributed by atoms with E-state index in [1.54, 1.807) is 0 Å². The molecule has 388 valence electrons. The fraction of sp³-hybridized carbons (Fsp3) is 0.946. The maximum atomic E-state index is 12.8. The van der Waals surface area contributed by atoms with E-state index in [1.165, 1.54) is 231 Å². The van der Waals surface area contributed by atoms with Crippen molar-refractivity contribution in [3.05, 3.63) is 12.2 Å². The van der Waals surface area contributed by atoms with E-state index in [4.69, 9.17) is 18.5 Å². The number of hydrogen-bond acceptors (Lipinski definition) is 7. The zero-order chi connectivity index (χ0) is 47.6. The Kier molecular flexibility index (Phi) is 49.1. The predicted octanol–water partition coefficient (Wildman–Crippen LogP) is 17.1. The van der Waals surface area contributed by atoms with Gasteiger partial charge < -0.3 is 27.9 Å². The molecule has 8 nitrogen and oxygen atoms in total. The van der Waals surface area contributed by atoms with Gasteiger partial charge in [-0.1, -0.05) is 251 Å². The summed E-state index contributed by atoms with van der Waals surface area (Å²) in [6.45, 7) is 5.48. The number of carbonyl (C=O) groups is 1. The first-order valence-electron chi connectivity index (χ1n) is 28.4. The second-order valence-corrected chi connectivity index (χ2v) is 22.1. The molecule has 9 heteroatoms. The Morgan fingerprint density at radius 1 is 0.462 bits per heavy atom. The highest BCUT2D eigenvalue weighted by atomic mass is 31.2. The maximum Gasteiger partial charge on any atom is 0.306 e. The van der Waals surface area contributed by atoms with Gasteiger partial charge >= 0.3 is 5.97 Å². The molecule has 0 rings (SSSR count). The molecule has 0 saturated carbocycles. The zero-order valence-electron chi connectivity index (χ0n) is 44.2. The average molecular weight is 942 g/mol. The van der Waals surface area contributed by atoms with Gasteiger partial charge in [0.15, 0.2) is 0 Å². The number of quaternary nitrogens is 1. The third-order valence-corrected chi connectivity index (χ3v) is 13.8. The molecular formula is C56H112NO7P. The number of rotatable bonds is 54. The van der Waals surface area contributed by atoms with Gasteiger partial charge in [-0.3, -0.25) is 9.36 Å². The van der Waals surface area contributed by atoms with Crippen LogP contribution < -0.4 is 4.89 Å². The lowest BCUT2D eigenvalue weighted by Crippen LogP contribution is -2.37. The lowest BCUT2D eigenvalue weighted by molar-refractivity contribution is -0.870. The molecule has 0 saturated heterocycles. The molecule has 0 aromatic rings. The third kappa shape index (κ3) is 54.1. The lowest BCUT2D eigenvalue weighted by atomic mass is 10.0. The normalized spacial score (nSPS) is 13.5. The summed E-state index contributed by atoms with van der Waals surface area (Å²) in [5.41, 5.74) is 0. The molecule has 2 unspecified atom stereocenters. The lowest BCUT2D eigenvalue weighted by Gasteiger charge is -2.28. The summed E-state index contributed by atoms with van der Waals surface area (Å²) in [5.74, 6) is -0.331. The summed E-state index contributed by atoms with van der Waals surface area (Å²) in [6.07, 6.45) is 58.2. The highest BCUT2D eigenvalue weighted by Gasteiger charge is 2.20. The van der Waals surface area contributed by atoms with Crippen molar-refractivity contribution in [3.8, 4) is 0 Å². The molecule has 0 spiro atoms. The fourth-order valence-corrected chi connectivity index (χ4v) is 9.16. The summed E-state index contributed by atoms with van der Waals surface area (Å²) in [6, 6.07) is 0. The SMILES string of the molecule is CCCCCCCCC/C=C\CCCCCCCCCC(=O)OC(COCCCCCCCCCCCCCCCCCCCCCCCCCCC)COP(=O)([O-])OCC[N+](C)(C)C. The number of esters is 1. The smallest absolute Gasteiger partial charge is 0.306 e. The van der Waals surface area contributed by atoms with Gasteiger partial charge in [0.05, 0.1) is 34.4 Å². The molecule has 0 amide bonds. The highest BCUT2D eigenvalue weighted by Crippen LogP contribution is 2.38. The molecule has 0 aromatic heterocycles. The molecule has 65 heavy (non-hydrogen) atoms. The fourth-order valence-electron chi connectivity index (χ4n) is 8.43.